The fraction of sp³-hybridized carbons (Fsp3) is 0.294. The van der Waals surface area contributed by atoms with Gasteiger partial charge in [-0.15, -0.1) is 0 Å². The van der Waals surface area contributed by atoms with Crippen molar-refractivity contribution >= 4 is 5.97 Å². The number of hydrogen-bond acceptors (Lipinski definition) is 3. The van der Waals surface area contributed by atoms with Crippen LogP contribution >= 0.6 is 0 Å². The third-order valence-electron chi connectivity index (χ3n) is 3.87. The largest absolute Gasteiger partial charge is 0.461 e. The number of carbonyl (C=O) groups excluding carboxylic acids is 1. The maximum absolute atomic E-state index is 12.1. The highest BCUT2D eigenvalue weighted by Gasteiger charge is 2.39. The molecule has 0 spiro atoms. The van der Waals surface area contributed by atoms with E-state index in [1.165, 1.54) is 0 Å². The summed E-state index contributed by atoms with van der Waals surface area (Å²) in [5, 5.41) is 0. The number of benzene rings is 1. The summed E-state index contributed by atoms with van der Waals surface area (Å²) in [6.45, 7) is 0.352. The summed E-state index contributed by atoms with van der Waals surface area (Å²) < 4.78 is 5.42. The quantitative estimate of drug-likeness (QED) is 0.798. The van der Waals surface area contributed by atoms with Gasteiger partial charge in [0.25, 0.3) is 0 Å². The molecule has 3 heteroatoms. The van der Waals surface area contributed by atoms with Gasteiger partial charge >= 0.3 is 5.97 Å². The molecule has 0 radical (unpaired) electrons. The average molecular weight is 267 g/mol. The van der Waals surface area contributed by atoms with Crippen LogP contribution < -0.4 is 0 Å². The minimum atomic E-state index is -0.101. The lowest BCUT2D eigenvalue weighted by Gasteiger charge is -2.34. The van der Waals surface area contributed by atoms with Gasteiger partial charge in [0.2, 0.25) is 0 Å². The maximum Gasteiger partial charge on any atom is 0.309 e. The van der Waals surface area contributed by atoms with E-state index in [0.29, 0.717) is 6.61 Å². The van der Waals surface area contributed by atoms with Gasteiger partial charge in [0.1, 0.15) is 6.61 Å². The molecule has 0 aliphatic heterocycles. The van der Waals surface area contributed by atoms with Crippen LogP contribution in [-0.4, -0.2) is 11.0 Å². The molecular formula is C17H17NO2. The molecule has 0 N–H and O–H groups in total. The van der Waals surface area contributed by atoms with Gasteiger partial charge in [-0.3, -0.25) is 9.78 Å². The number of pyridine rings is 1. The fourth-order valence-electron chi connectivity index (χ4n) is 2.57. The topological polar surface area (TPSA) is 39.2 Å². The monoisotopic (exact) mass is 267 g/mol. The second kappa shape index (κ2) is 5.87. The number of esters is 1. The van der Waals surface area contributed by atoms with Crippen molar-refractivity contribution in [3.05, 3.63) is 66.0 Å². The highest BCUT2D eigenvalue weighted by atomic mass is 16.5. The lowest BCUT2D eigenvalue weighted by atomic mass is 9.72. The molecule has 0 unspecified atom stereocenters. The number of rotatable bonds is 4. The zero-order valence-electron chi connectivity index (χ0n) is 11.2. The van der Waals surface area contributed by atoms with E-state index in [1.54, 1.807) is 6.20 Å². The van der Waals surface area contributed by atoms with E-state index in [9.17, 15) is 4.79 Å². The molecule has 1 aliphatic rings. The van der Waals surface area contributed by atoms with Gasteiger partial charge in [-0.05, 0) is 30.5 Å². The van der Waals surface area contributed by atoms with Crippen LogP contribution in [0.5, 0.6) is 0 Å². The second-order valence-electron chi connectivity index (χ2n) is 5.14. The molecule has 3 rings (SSSR count). The Bertz CT molecular complexity index is 568. The van der Waals surface area contributed by atoms with Crippen molar-refractivity contribution in [2.75, 3.05) is 0 Å². The predicted molar refractivity (Wildman–Crippen MR) is 75.9 cm³/mol. The van der Waals surface area contributed by atoms with Gasteiger partial charge in [0.15, 0.2) is 0 Å². The van der Waals surface area contributed by atoms with E-state index in [1.807, 2.05) is 48.5 Å². The molecule has 2 atom stereocenters. The highest BCUT2D eigenvalue weighted by molar-refractivity contribution is 5.74. The first-order valence-electron chi connectivity index (χ1n) is 6.96. The Hall–Kier alpha value is -2.16. The summed E-state index contributed by atoms with van der Waals surface area (Å²) in [4.78, 5) is 16.5. The molecule has 102 valence electrons. The first-order valence-corrected chi connectivity index (χ1v) is 6.96. The number of hydrogen-bond donors (Lipinski definition) is 0. The first-order chi connectivity index (χ1) is 9.84. The lowest BCUT2D eigenvalue weighted by Crippen LogP contribution is -2.33. The molecule has 1 aliphatic carbocycles. The Balaban J connectivity index is 1.58. The van der Waals surface area contributed by atoms with Crippen LogP contribution in [0.3, 0.4) is 0 Å². The van der Waals surface area contributed by atoms with Crippen molar-refractivity contribution < 1.29 is 9.53 Å². The average Bonchev–Trinajstić information content (AvgIpc) is 2.46. The zero-order chi connectivity index (χ0) is 13.8. The van der Waals surface area contributed by atoms with Crippen LogP contribution in [0.4, 0.5) is 0 Å². The van der Waals surface area contributed by atoms with E-state index < -0.39 is 0 Å². The van der Waals surface area contributed by atoms with E-state index >= 15 is 0 Å². The predicted octanol–water partition coefficient (Wildman–Crippen LogP) is 3.32. The molecule has 0 amide bonds. The standard InChI is InChI=1S/C17H17NO2/c19-17(20-12-13-6-2-1-3-7-13)15-10-9-14(15)16-8-4-5-11-18-16/h1-8,11,14-15H,9-10,12H2/t14-,15-/m1/s1. The van der Waals surface area contributed by atoms with Crippen LogP contribution in [0.2, 0.25) is 0 Å². The molecule has 0 saturated heterocycles. The Morgan fingerprint density at radius 2 is 1.90 bits per heavy atom. The van der Waals surface area contributed by atoms with Crippen molar-refractivity contribution in [1.29, 1.82) is 0 Å². The van der Waals surface area contributed by atoms with E-state index in [2.05, 4.69) is 4.98 Å². The van der Waals surface area contributed by atoms with E-state index in [0.717, 1.165) is 24.1 Å². The van der Waals surface area contributed by atoms with Crippen molar-refractivity contribution in [1.82, 2.24) is 4.98 Å². The minimum Gasteiger partial charge on any atom is -0.461 e. The smallest absolute Gasteiger partial charge is 0.309 e. The van der Waals surface area contributed by atoms with Crippen LogP contribution in [0.1, 0.15) is 30.0 Å². The van der Waals surface area contributed by atoms with Crippen LogP contribution in [-0.2, 0) is 16.1 Å². The Morgan fingerprint density at radius 1 is 1.10 bits per heavy atom. The molecule has 2 aromatic rings. The van der Waals surface area contributed by atoms with Gasteiger partial charge in [0, 0.05) is 17.8 Å². The van der Waals surface area contributed by atoms with Crippen molar-refractivity contribution in [2.45, 2.75) is 25.4 Å². The SMILES string of the molecule is O=C(OCc1ccccc1)[C@@H]1CC[C@H]1c1ccccn1. The number of aromatic nitrogens is 1. The zero-order valence-corrected chi connectivity index (χ0v) is 11.2. The van der Waals surface area contributed by atoms with Gasteiger partial charge < -0.3 is 4.74 Å². The van der Waals surface area contributed by atoms with Gasteiger partial charge in [-0.2, -0.15) is 0 Å². The van der Waals surface area contributed by atoms with Gasteiger partial charge in [-0.25, -0.2) is 0 Å². The Kier molecular flexibility index (Phi) is 3.77. The Morgan fingerprint density at radius 3 is 2.55 bits per heavy atom. The highest BCUT2D eigenvalue weighted by Crippen LogP contribution is 2.42. The van der Waals surface area contributed by atoms with E-state index in [-0.39, 0.29) is 17.8 Å². The normalized spacial score (nSPS) is 21.0. The number of ether oxygens (including phenoxy) is 1. The van der Waals surface area contributed by atoms with Crippen LogP contribution in [0, 0.1) is 5.92 Å². The number of nitrogens with zero attached hydrogens (tertiary/aromatic N) is 1. The summed E-state index contributed by atoms with van der Waals surface area (Å²) in [6.07, 6.45) is 3.69. The molecule has 1 saturated carbocycles. The maximum atomic E-state index is 12.1. The first kappa shape index (κ1) is 12.9. The molecular weight excluding hydrogens is 250 g/mol. The summed E-state index contributed by atoms with van der Waals surface area (Å²) in [6, 6.07) is 15.6. The summed E-state index contributed by atoms with van der Waals surface area (Å²) >= 11 is 0. The second-order valence-corrected chi connectivity index (χ2v) is 5.14. The van der Waals surface area contributed by atoms with Crippen molar-refractivity contribution in [3.63, 3.8) is 0 Å². The summed E-state index contributed by atoms with van der Waals surface area (Å²) in [5.41, 5.74) is 2.02. The van der Waals surface area contributed by atoms with Crippen molar-refractivity contribution in [2.24, 2.45) is 5.92 Å². The third-order valence-corrected chi connectivity index (χ3v) is 3.87. The third kappa shape index (κ3) is 2.72. The van der Waals surface area contributed by atoms with E-state index in [4.69, 9.17) is 4.74 Å². The van der Waals surface area contributed by atoms with Crippen molar-refractivity contribution in [3.8, 4) is 0 Å². The lowest BCUT2D eigenvalue weighted by molar-refractivity contribution is -0.154. The minimum absolute atomic E-state index is 0.0337. The summed E-state index contributed by atoms with van der Waals surface area (Å²) in [5.74, 6) is 0.0869. The molecule has 1 aromatic heterocycles. The van der Waals surface area contributed by atoms with Gasteiger partial charge in [-0.1, -0.05) is 36.4 Å². The summed E-state index contributed by atoms with van der Waals surface area (Å²) in [7, 11) is 0. The molecule has 1 heterocycles. The molecule has 1 fully saturated rings. The molecule has 1 aromatic carbocycles. The van der Waals surface area contributed by atoms with Crippen LogP contribution in [0.15, 0.2) is 54.7 Å². The van der Waals surface area contributed by atoms with Crippen LogP contribution in [0.25, 0.3) is 0 Å². The molecule has 3 nitrogen and oxygen atoms in total. The molecule has 20 heavy (non-hydrogen) atoms. The Labute approximate surface area is 118 Å². The molecule has 0 bridgehead atoms. The number of carbonyl (C=O) groups is 1. The van der Waals surface area contributed by atoms with Gasteiger partial charge in [0.05, 0.1) is 5.92 Å². The fourth-order valence-corrected chi connectivity index (χ4v) is 2.57.